The van der Waals surface area contributed by atoms with Crippen LogP contribution in [0.2, 0.25) is 0 Å². The van der Waals surface area contributed by atoms with Crippen molar-refractivity contribution in [3.63, 3.8) is 0 Å². The maximum absolute atomic E-state index is 5.49. The molecule has 0 heterocycles. The summed E-state index contributed by atoms with van der Waals surface area (Å²) in [5, 5.41) is 0. The Morgan fingerprint density at radius 1 is 0.727 bits per heavy atom. The molecule has 0 atom stereocenters. The Balaban J connectivity index is 3.55. The quantitative estimate of drug-likeness (QED) is 0.218. The van der Waals surface area contributed by atoms with E-state index < -0.39 is 0 Å². The monoisotopic (exact) mass is 316 g/mol. The van der Waals surface area contributed by atoms with Crippen molar-refractivity contribution in [3.05, 3.63) is 11.7 Å². The zero-order valence-electron chi connectivity index (χ0n) is 15.1. The maximum atomic E-state index is 5.49. The van der Waals surface area contributed by atoms with Gasteiger partial charge in [0.15, 0.2) is 12.6 Å². The summed E-state index contributed by atoms with van der Waals surface area (Å²) < 4.78 is 21.4. The highest BCUT2D eigenvalue weighted by atomic mass is 16.7. The molecule has 22 heavy (non-hydrogen) atoms. The van der Waals surface area contributed by atoms with Crippen molar-refractivity contribution in [2.45, 2.75) is 78.1 Å². The first-order valence-electron chi connectivity index (χ1n) is 8.81. The van der Waals surface area contributed by atoms with Crippen LogP contribution in [0.25, 0.3) is 0 Å². The molecule has 0 aromatic rings. The van der Waals surface area contributed by atoms with Gasteiger partial charge in [-0.25, -0.2) is 0 Å². The van der Waals surface area contributed by atoms with Gasteiger partial charge in [-0.15, -0.1) is 0 Å². The number of methoxy groups -OCH3 is 2. The highest BCUT2D eigenvalue weighted by Crippen LogP contribution is 2.14. The molecule has 0 saturated carbocycles. The second-order valence-electron chi connectivity index (χ2n) is 5.51. The van der Waals surface area contributed by atoms with Gasteiger partial charge in [-0.05, 0) is 12.8 Å². The summed E-state index contributed by atoms with van der Waals surface area (Å²) in [6.45, 7) is 5.30. The smallest absolute Gasteiger partial charge is 0.320 e. The lowest BCUT2D eigenvalue weighted by Crippen LogP contribution is -2.06. The number of unbranched alkanes of at least 4 members (excludes halogenated alkanes) is 7. The van der Waals surface area contributed by atoms with Gasteiger partial charge >= 0.3 is 5.95 Å². The first-order chi connectivity index (χ1) is 10.8. The predicted molar refractivity (Wildman–Crippen MR) is 90.5 cm³/mol. The summed E-state index contributed by atoms with van der Waals surface area (Å²) in [7, 11) is 3.22. The summed E-state index contributed by atoms with van der Waals surface area (Å²) in [5.41, 5.74) is 0. The normalized spacial score (nSPS) is 12.0. The van der Waals surface area contributed by atoms with Crippen LogP contribution in [0, 0.1) is 0 Å². The van der Waals surface area contributed by atoms with E-state index in [1.54, 1.807) is 14.2 Å². The third-order valence-electron chi connectivity index (χ3n) is 3.55. The first-order valence-corrected chi connectivity index (χ1v) is 8.81. The number of ether oxygens (including phenoxy) is 4. The average molecular weight is 316 g/mol. The van der Waals surface area contributed by atoms with E-state index in [1.807, 2.05) is 0 Å². The molecule has 0 aliphatic carbocycles. The van der Waals surface area contributed by atoms with Crippen molar-refractivity contribution in [1.29, 1.82) is 0 Å². The molecule has 0 N–H and O–H groups in total. The van der Waals surface area contributed by atoms with Gasteiger partial charge < -0.3 is 18.9 Å². The zero-order chi connectivity index (χ0) is 16.5. The van der Waals surface area contributed by atoms with Crippen LogP contribution >= 0.6 is 0 Å². The van der Waals surface area contributed by atoms with Crippen molar-refractivity contribution in [1.82, 2.24) is 0 Å². The van der Waals surface area contributed by atoms with E-state index in [0.29, 0.717) is 5.95 Å². The highest BCUT2D eigenvalue weighted by Gasteiger charge is 2.08. The minimum atomic E-state index is 0.218. The fourth-order valence-corrected chi connectivity index (χ4v) is 2.26. The summed E-state index contributed by atoms with van der Waals surface area (Å²) >= 11 is 0. The molecule has 0 saturated heterocycles. The van der Waals surface area contributed by atoms with Crippen molar-refractivity contribution >= 4 is 0 Å². The molecule has 0 aliphatic heterocycles. The van der Waals surface area contributed by atoms with Gasteiger partial charge in [-0.3, -0.25) is 0 Å². The molecule has 0 aromatic heterocycles. The van der Waals surface area contributed by atoms with Crippen LogP contribution in [-0.4, -0.2) is 27.6 Å². The maximum Gasteiger partial charge on any atom is 0.320 e. The summed E-state index contributed by atoms with van der Waals surface area (Å²) in [5.74, 6) is 1.17. The van der Waals surface area contributed by atoms with E-state index in [0.717, 1.165) is 31.6 Å². The SMILES string of the molecule is CCCCCCCCCCOCOC(OC)=C(CCC)OC. The molecule has 0 radical (unpaired) electrons. The van der Waals surface area contributed by atoms with Crippen LogP contribution in [-0.2, 0) is 18.9 Å². The molecule has 4 heteroatoms. The number of allylic oxidation sites excluding steroid dienone is 1. The molecule has 0 aliphatic rings. The molecule has 4 nitrogen and oxygen atoms in total. The Hall–Kier alpha value is -0.900. The van der Waals surface area contributed by atoms with Crippen molar-refractivity contribution < 1.29 is 18.9 Å². The van der Waals surface area contributed by atoms with Gasteiger partial charge in [0.1, 0.15) is 0 Å². The Morgan fingerprint density at radius 3 is 1.91 bits per heavy atom. The van der Waals surface area contributed by atoms with E-state index >= 15 is 0 Å². The van der Waals surface area contributed by atoms with E-state index in [4.69, 9.17) is 18.9 Å². The van der Waals surface area contributed by atoms with Crippen molar-refractivity contribution in [3.8, 4) is 0 Å². The standard InChI is InChI=1S/C18H36O4/c1-5-7-8-9-10-11-12-13-15-21-16-22-18(20-4)17(19-3)14-6-2/h5-16H2,1-4H3. The molecule has 0 amide bonds. The lowest BCUT2D eigenvalue weighted by Gasteiger charge is -2.13. The van der Waals surface area contributed by atoms with E-state index in [1.165, 1.54) is 44.9 Å². The van der Waals surface area contributed by atoms with Gasteiger partial charge in [-0.1, -0.05) is 58.8 Å². The van der Waals surface area contributed by atoms with Gasteiger partial charge in [0.05, 0.1) is 20.8 Å². The minimum Gasteiger partial charge on any atom is -0.494 e. The summed E-state index contributed by atoms with van der Waals surface area (Å²) in [4.78, 5) is 0. The van der Waals surface area contributed by atoms with Gasteiger partial charge in [0.25, 0.3) is 0 Å². The fourth-order valence-electron chi connectivity index (χ4n) is 2.26. The third kappa shape index (κ3) is 11.7. The summed E-state index contributed by atoms with van der Waals surface area (Å²) in [6, 6.07) is 0. The van der Waals surface area contributed by atoms with E-state index in [2.05, 4.69) is 13.8 Å². The molecule has 0 spiro atoms. The second kappa shape index (κ2) is 16.5. The van der Waals surface area contributed by atoms with Gasteiger partial charge in [0, 0.05) is 6.42 Å². The van der Waals surface area contributed by atoms with E-state index in [-0.39, 0.29) is 6.79 Å². The van der Waals surface area contributed by atoms with Crippen LogP contribution in [0.5, 0.6) is 0 Å². The molecule has 0 unspecified atom stereocenters. The summed E-state index contributed by atoms with van der Waals surface area (Å²) in [6.07, 6.45) is 12.2. The van der Waals surface area contributed by atoms with Crippen LogP contribution < -0.4 is 0 Å². The fraction of sp³-hybridized carbons (Fsp3) is 0.889. The topological polar surface area (TPSA) is 36.9 Å². The van der Waals surface area contributed by atoms with Crippen LogP contribution in [0.4, 0.5) is 0 Å². The third-order valence-corrected chi connectivity index (χ3v) is 3.55. The van der Waals surface area contributed by atoms with Crippen LogP contribution in [0.3, 0.4) is 0 Å². The van der Waals surface area contributed by atoms with Gasteiger partial charge in [-0.2, -0.15) is 0 Å². The zero-order valence-corrected chi connectivity index (χ0v) is 15.1. The molecular formula is C18H36O4. The van der Waals surface area contributed by atoms with Crippen LogP contribution in [0.15, 0.2) is 11.7 Å². The van der Waals surface area contributed by atoms with Crippen molar-refractivity contribution in [2.75, 3.05) is 27.6 Å². The number of hydrogen-bond acceptors (Lipinski definition) is 4. The Kier molecular flexibility index (Phi) is 15.8. The molecule has 0 fully saturated rings. The van der Waals surface area contributed by atoms with Gasteiger partial charge in [0.2, 0.25) is 0 Å². The van der Waals surface area contributed by atoms with E-state index in [9.17, 15) is 0 Å². The number of hydrogen-bond donors (Lipinski definition) is 0. The Labute approximate surface area is 137 Å². The average Bonchev–Trinajstić information content (AvgIpc) is 2.54. The molecule has 132 valence electrons. The molecule has 0 rings (SSSR count). The Morgan fingerprint density at radius 2 is 1.36 bits per heavy atom. The molecule has 0 aromatic carbocycles. The minimum absolute atomic E-state index is 0.218. The van der Waals surface area contributed by atoms with Crippen LogP contribution in [0.1, 0.15) is 78.1 Å². The second-order valence-corrected chi connectivity index (χ2v) is 5.51. The molecule has 0 bridgehead atoms. The predicted octanol–water partition coefficient (Wildman–Crippen LogP) is 5.38. The Bertz CT molecular complexity index is 264. The molecular weight excluding hydrogens is 280 g/mol. The largest absolute Gasteiger partial charge is 0.494 e. The lowest BCUT2D eigenvalue weighted by atomic mass is 10.1. The first kappa shape index (κ1) is 21.1. The lowest BCUT2D eigenvalue weighted by molar-refractivity contribution is -0.0746. The highest BCUT2D eigenvalue weighted by molar-refractivity contribution is 4.94. The van der Waals surface area contributed by atoms with Crippen molar-refractivity contribution in [2.24, 2.45) is 0 Å². The number of rotatable bonds is 16.